The van der Waals surface area contributed by atoms with Gasteiger partial charge in [-0.15, -0.1) is 0 Å². The fourth-order valence-electron chi connectivity index (χ4n) is 3.74. The van der Waals surface area contributed by atoms with Crippen LogP contribution in [-0.2, 0) is 6.42 Å². The van der Waals surface area contributed by atoms with E-state index < -0.39 is 0 Å². The highest BCUT2D eigenvalue weighted by atomic mass is 16.5. The Morgan fingerprint density at radius 3 is 1.89 bits per heavy atom. The Morgan fingerprint density at radius 2 is 1.33 bits per heavy atom. The van der Waals surface area contributed by atoms with Crippen molar-refractivity contribution in [2.24, 2.45) is 0 Å². The molecule has 3 rings (SSSR count). The summed E-state index contributed by atoms with van der Waals surface area (Å²) < 4.78 is 10.9. The third kappa shape index (κ3) is 3.85. The summed E-state index contributed by atoms with van der Waals surface area (Å²) in [5, 5.41) is 0. The SMILES string of the molecule is CCCc1cccc(-c2ccc(OC)c(C)c2)c1-c1ccc(OC)c(C)c1. The normalized spacial score (nSPS) is 10.7. The number of benzene rings is 3. The molecule has 0 saturated carbocycles. The van der Waals surface area contributed by atoms with E-state index >= 15 is 0 Å². The van der Waals surface area contributed by atoms with Gasteiger partial charge in [-0.25, -0.2) is 0 Å². The molecule has 0 amide bonds. The van der Waals surface area contributed by atoms with Crippen LogP contribution < -0.4 is 9.47 Å². The number of rotatable bonds is 6. The van der Waals surface area contributed by atoms with Crippen molar-refractivity contribution in [2.45, 2.75) is 33.6 Å². The lowest BCUT2D eigenvalue weighted by molar-refractivity contribution is 0.411. The van der Waals surface area contributed by atoms with Crippen LogP contribution in [0, 0.1) is 13.8 Å². The Bertz CT molecular complexity index is 941. The van der Waals surface area contributed by atoms with Gasteiger partial charge in [-0.3, -0.25) is 0 Å². The summed E-state index contributed by atoms with van der Waals surface area (Å²) in [4.78, 5) is 0. The second-order valence-corrected chi connectivity index (χ2v) is 6.96. The van der Waals surface area contributed by atoms with E-state index in [-0.39, 0.29) is 0 Å². The topological polar surface area (TPSA) is 18.5 Å². The minimum atomic E-state index is 0.922. The molecule has 0 aromatic heterocycles. The first-order chi connectivity index (χ1) is 13.1. The third-order valence-corrected chi connectivity index (χ3v) is 5.06. The minimum Gasteiger partial charge on any atom is -0.496 e. The number of methoxy groups -OCH3 is 2. The maximum atomic E-state index is 5.46. The maximum Gasteiger partial charge on any atom is 0.121 e. The molecule has 0 aliphatic rings. The fourth-order valence-corrected chi connectivity index (χ4v) is 3.74. The van der Waals surface area contributed by atoms with Crippen molar-refractivity contribution >= 4 is 0 Å². The van der Waals surface area contributed by atoms with E-state index in [4.69, 9.17) is 9.47 Å². The van der Waals surface area contributed by atoms with Crippen LogP contribution in [0.3, 0.4) is 0 Å². The summed E-state index contributed by atoms with van der Waals surface area (Å²) in [5.41, 5.74) is 8.71. The molecule has 3 aromatic rings. The summed E-state index contributed by atoms with van der Waals surface area (Å²) in [7, 11) is 3.44. The zero-order valence-corrected chi connectivity index (χ0v) is 16.9. The van der Waals surface area contributed by atoms with Crippen LogP contribution in [-0.4, -0.2) is 14.2 Å². The van der Waals surface area contributed by atoms with Crippen LogP contribution in [0.2, 0.25) is 0 Å². The smallest absolute Gasteiger partial charge is 0.121 e. The van der Waals surface area contributed by atoms with E-state index in [9.17, 15) is 0 Å². The zero-order chi connectivity index (χ0) is 19.4. The molecule has 0 radical (unpaired) electrons. The fraction of sp³-hybridized carbons (Fsp3) is 0.280. The molecule has 0 spiro atoms. The van der Waals surface area contributed by atoms with Crippen molar-refractivity contribution < 1.29 is 9.47 Å². The number of aryl methyl sites for hydroxylation is 3. The van der Waals surface area contributed by atoms with Gasteiger partial charge in [0.1, 0.15) is 11.5 Å². The molecule has 0 unspecified atom stereocenters. The van der Waals surface area contributed by atoms with Crippen molar-refractivity contribution in [3.8, 4) is 33.8 Å². The Labute approximate surface area is 162 Å². The molecule has 3 aromatic carbocycles. The van der Waals surface area contributed by atoms with E-state index in [0.29, 0.717) is 0 Å². The highest BCUT2D eigenvalue weighted by molar-refractivity contribution is 5.86. The Balaban J connectivity index is 2.22. The summed E-state index contributed by atoms with van der Waals surface area (Å²) in [6.07, 6.45) is 2.18. The Morgan fingerprint density at radius 1 is 0.741 bits per heavy atom. The molecule has 0 atom stereocenters. The lowest BCUT2D eigenvalue weighted by Gasteiger charge is -2.17. The van der Waals surface area contributed by atoms with Gasteiger partial charge in [-0.05, 0) is 83.5 Å². The van der Waals surface area contributed by atoms with Gasteiger partial charge < -0.3 is 9.47 Å². The summed E-state index contributed by atoms with van der Waals surface area (Å²) in [6.45, 7) is 6.42. The molecule has 140 valence electrons. The molecule has 0 saturated heterocycles. The van der Waals surface area contributed by atoms with E-state index in [0.717, 1.165) is 35.5 Å². The molecule has 0 bridgehead atoms. The molecule has 0 aliphatic carbocycles. The van der Waals surface area contributed by atoms with Crippen LogP contribution in [0.5, 0.6) is 11.5 Å². The third-order valence-electron chi connectivity index (χ3n) is 5.06. The molecule has 0 heterocycles. The van der Waals surface area contributed by atoms with Gasteiger partial charge in [0.2, 0.25) is 0 Å². The summed E-state index contributed by atoms with van der Waals surface area (Å²) in [5.74, 6) is 1.85. The standard InChI is InChI=1S/C25H28O2/c1-6-8-19-9-7-10-22(20-11-13-23(26-4)17(2)15-20)25(19)21-12-14-24(27-5)18(3)16-21/h7,9-16H,6,8H2,1-5H3. The van der Waals surface area contributed by atoms with Crippen LogP contribution in [0.15, 0.2) is 54.6 Å². The molecule has 0 aliphatic heterocycles. The van der Waals surface area contributed by atoms with E-state index in [1.54, 1.807) is 14.2 Å². The first-order valence-electron chi connectivity index (χ1n) is 9.51. The monoisotopic (exact) mass is 360 g/mol. The number of hydrogen-bond acceptors (Lipinski definition) is 2. The van der Waals surface area contributed by atoms with Gasteiger partial charge in [-0.1, -0.05) is 43.7 Å². The second-order valence-electron chi connectivity index (χ2n) is 6.96. The van der Waals surface area contributed by atoms with Gasteiger partial charge >= 0.3 is 0 Å². The zero-order valence-electron chi connectivity index (χ0n) is 16.9. The first kappa shape index (κ1) is 19.0. The van der Waals surface area contributed by atoms with Crippen molar-refractivity contribution in [2.75, 3.05) is 14.2 Å². The molecular weight excluding hydrogens is 332 g/mol. The van der Waals surface area contributed by atoms with Gasteiger partial charge in [0.25, 0.3) is 0 Å². The van der Waals surface area contributed by atoms with Crippen LogP contribution >= 0.6 is 0 Å². The number of hydrogen-bond donors (Lipinski definition) is 0. The van der Waals surface area contributed by atoms with E-state index in [2.05, 4.69) is 75.4 Å². The van der Waals surface area contributed by atoms with Crippen LogP contribution in [0.4, 0.5) is 0 Å². The highest BCUT2D eigenvalue weighted by Crippen LogP contribution is 2.38. The van der Waals surface area contributed by atoms with Gasteiger partial charge in [0, 0.05) is 0 Å². The largest absolute Gasteiger partial charge is 0.496 e. The van der Waals surface area contributed by atoms with E-state index in [1.807, 2.05) is 0 Å². The molecule has 2 heteroatoms. The van der Waals surface area contributed by atoms with Crippen molar-refractivity contribution in [3.63, 3.8) is 0 Å². The first-order valence-corrected chi connectivity index (χ1v) is 9.51. The molecule has 27 heavy (non-hydrogen) atoms. The quantitative estimate of drug-likeness (QED) is 0.492. The molecular formula is C25H28O2. The predicted molar refractivity (Wildman–Crippen MR) is 114 cm³/mol. The maximum absolute atomic E-state index is 5.46. The lowest BCUT2D eigenvalue weighted by atomic mass is 9.88. The minimum absolute atomic E-state index is 0.922. The van der Waals surface area contributed by atoms with E-state index in [1.165, 1.54) is 27.8 Å². The van der Waals surface area contributed by atoms with Gasteiger partial charge in [-0.2, -0.15) is 0 Å². The summed E-state index contributed by atoms with van der Waals surface area (Å²) >= 11 is 0. The average molecular weight is 360 g/mol. The van der Waals surface area contributed by atoms with Crippen molar-refractivity contribution in [1.29, 1.82) is 0 Å². The van der Waals surface area contributed by atoms with Crippen molar-refractivity contribution in [3.05, 3.63) is 71.3 Å². The van der Waals surface area contributed by atoms with Crippen LogP contribution in [0.25, 0.3) is 22.3 Å². The van der Waals surface area contributed by atoms with Crippen LogP contribution in [0.1, 0.15) is 30.0 Å². The predicted octanol–water partition coefficient (Wildman–Crippen LogP) is 6.61. The molecule has 0 fully saturated rings. The Kier molecular flexibility index (Phi) is 5.85. The van der Waals surface area contributed by atoms with Crippen molar-refractivity contribution in [1.82, 2.24) is 0 Å². The second kappa shape index (κ2) is 8.30. The number of ether oxygens (including phenoxy) is 2. The lowest BCUT2D eigenvalue weighted by Crippen LogP contribution is -1.96. The highest BCUT2D eigenvalue weighted by Gasteiger charge is 2.14. The molecule has 0 N–H and O–H groups in total. The molecule has 2 nitrogen and oxygen atoms in total. The van der Waals surface area contributed by atoms with Gasteiger partial charge in [0.05, 0.1) is 14.2 Å². The van der Waals surface area contributed by atoms with Gasteiger partial charge in [0.15, 0.2) is 0 Å². The Hall–Kier alpha value is -2.74. The average Bonchev–Trinajstić information content (AvgIpc) is 2.68. The summed E-state index contributed by atoms with van der Waals surface area (Å²) in [6, 6.07) is 19.5.